The van der Waals surface area contributed by atoms with E-state index in [1.165, 1.54) is 4.88 Å². The number of nitrogens with one attached hydrogen (secondary N) is 1. The van der Waals surface area contributed by atoms with Crippen molar-refractivity contribution in [2.75, 3.05) is 0 Å². The molecule has 2 rings (SSSR count). The smallest absolute Gasteiger partial charge is 0.0468 e. The maximum Gasteiger partial charge on any atom is 0.0468 e. The molecule has 1 aromatic carbocycles. The van der Waals surface area contributed by atoms with E-state index in [-0.39, 0.29) is 6.04 Å². The van der Waals surface area contributed by atoms with Gasteiger partial charge < -0.3 is 5.32 Å². The van der Waals surface area contributed by atoms with Crippen molar-refractivity contribution < 1.29 is 0 Å². The van der Waals surface area contributed by atoms with E-state index in [1.807, 2.05) is 12.1 Å². The molecule has 0 fully saturated rings. The minimum absolute atomic E-state index is 0.238. The van der Waals surface area contributed by atoms with Gasteiger partial charge in [-0.05, 0) is 42.5 Å². The van der Waals surface area contributed by atoms with Crippen LogP contribution in [0.3, 0.4) is 0 Å². The number of thiophene rings is 1. The Morgan fingerprint density at radius 1 is 1.26 bits per heavy atom. The number of benzene rings is 1. The molecular weight excluding hydrogens is 297 g/mol. The fraction of sp³-hybridized carbons (Fsp3) is 0.333. The molecule has 0 spiro atoms. The van der Waals surface area contributed by atoms with E-state index < -0.39 is 0 Å². The Morgan fingerprint density at radius 3 is 2.63 bits per heavy atom. The first kappa shape index (κ1) is 14.9. The zero-order valence-electron chi connectivity index (χ0n) is 11.0. The Hall–Kier alpha value is -0.540. The molecule has 4 heteroatoms. The number of halogens is 2. The van der Waals surface area contributed by atoms with Crippen molar-refractivity contribution in [3.8, 4) is 0 Å². The molecule has 1 aromatic heterocycles. The Bertz CT molecular complexity index is 525. The number of hydrogen-bond donors (Lipinski definition) is 1. The molecule has 1 heterocycles. The lowest BCUT2D eigenvalue weighted by atomic mass is 10.0. The minimum atomic E-state index is 0.238. The van der Waals surface area contributed by atoms with E-state index >= 15 is 0 Å². The SMILES string of the molecule is CCC(NC(C)c1cccs1)c1ccc(Cl)cc1Cl. The van der Waals surface area contributed by atoms with Crippen LogP contribution in [0.4, 0.5) is 0 Å². The van der Waals surface area contributed by atoms with E-state index in [0.29, 0.717) is 11.1 Å². The Labute approximate surface area is 128 Å². The molecule has 102 valence electrons. The third kappa shape index (κ3) is 3.73. The summed E-state index contributed by atoms with van der Waals surface area (Å²) in [7, 11) is 0. The summed E-state index contributed by atoms with van der Waals surface area (Å²) in [6.45, 7) is 4.34. The molecule has 1 N–H and O–H groups in total. The Morgan fingerprint density at radius 2 is 2.05 bits per heavy atom. The maximum atomic E-state index is 6.29. The van der Waals surface area contributed by atoms with Gasteiger partial charge in [0.25, 0.3) is 0 Å². The van der Waals surface area contributed by atoms with Gasteiger partial charge in [0.15, 0.2) is 0 Å². The van der Waals surface area contributed by atoms with Gasteiger partial charge in [-0.15, -0.1) is 11.3 Å². The highest BCUT2D eigenvalue weighted by atomic mass is 35.5. The van der Waals surface area contributed by atoms with Gasteiger partial charge in [-0.3, -0.25) is 0 Å². The summed E-state index contributed by atoms with van der Waals surface area (Å²) in [4.78, 5) is 1.34. The molecule has 2 atom stereocenters. The summed E-state index contributed by atoms with van der Waals surface area (Å²) in [6, 6.07) is 10.5. The fourth-order valence-corrected chi connectivity index (χ4v) is 3.42. The molecule has 1 nitrogen and oxygen atoms in total. The highest BCUT2D eigenvalue weighted by Gasteiger charge is 2.16. The monoisotopic (exact) mass is 313 g/mol. The molecule has 0 saturated carbocycles. The second-order valence-corrected chi connectivity index (χ2v) is 6.35. The molecule has 0 aliphatic carbocycles. The van der Waals surface area contributed by atoms with Crippen LogP contribution >= 0.6 is 34.5 Å². The van der Waals surface area contributed by atoms with Crippen molar-refractivity contribution in [2.24, 2.45) is 0 Å². The van der Waals surface area contributed by atoms with Crippen LogP contribution in [0.2, 0.25) is 10.0 Å². The molecule has 2 aromatic rings. The van der Waals surface area contributed by atoms with Gasteiger partial charge in [0.05, 0.1) is 0 Å². The number of hydrogen-bond acceptors (Lipinski definition) is 2. The Kier molecular flexibility index (Phi) is 5.28. The van der Waals surface area contributed by atoms with Crippen LogP contribution in [0.1, 0.15) is 42.8 Å². The standard InChI is InChI=1S/C15H17Cl2NS/c1-3-14(12-7-6-11(16)9-13(12)17)18-10(2)15-5-4-8-19-15/h4-10,14,18H,3H2,1-2H3. The van der Waals surface area contributed by atoms with Crippen LogP contribution in [0.5, 0.6) is 0 Å². The van der Waals surface area contributed by atoms with Crippen LogP contribution in [0, 0.1) is 0 Å². The van der Waals surface area contributed by atoms with Gasteiger partial charge >= 0.3 is 0 Å². The molecular formula is C15H17Cl2NS. The zero-order chi connectivity index (χ0) is 13.8. The highest BCUT2D eigenvalue weighted by molar-refractivity contribution is 7.10. The number of rotatable bonds is 5. The van der Waals surface area contributed by atoms with Crippen LogP contribution in [-0.4, -0.2) is 0 Å². The summed E-state index contributed by atoms with van der Waals surface area (Å²) in [5.41, 5.74) is 1.11. The van der Waals surface area contributed by atoms with Gasteiger partial charge in [0, 0.05) is 27.0 Å². The van der Waals surface area contributed by atoms with E-state index in [9.17, 15) is 0 Å². The normalized spacial score (nSPS) is 14.3. The van der Waals surface area contributed by atoms with Crippen molar-refractivity contribution in [3.05, 3.63) is 56.2 Å². The molecule has 0 radical (unpaired) electrons. The first-order valence-corrected chi connectivity index (χ1v) is 7.99. The molecule has 0 amide bonds. The van der Waals surface area contributed by atoms with E-state index in [4.69, 9.17) is 23.2 Å². The average molecular weight is 314 g/mol. The average Bonchev–Trinajstić information content (AvgIpc) is 2.90. The molecule has 0 saturated heterocycles. The summed E-state index contributed by atoms with van der Waals surface area (Å²) >= 11 is 14.0. The third-order valence-corrected chi connectivity index (χ3v) is 4.78. The van der Waals surface area contributed by atoms with Crippen LogP contribution in [0.25, 0.3) is 0 Å². The quantitative estimate of drug-likeness (QED) is 0.729. The topological polar surface area (TPSA) is 12.0 Å². The third-order valence-electron chi connectivity index (χ3n) is 3.17. The van der Waals surface area contributed by atoms with E-state index in [1.54, 1.807) is 17.4 Å². The van der Waals surface area contributed by atoms with E-state index in [2.05, 4.69) is 36.7 Å². The van der Waals surface area contributed by atoms with Crippen LogP contribution < -0.4 is 5.32 Å². The van der Waals surface area contributed by atoms with E-state index in [0.717, 1.165) is 17.0 Å². The lowest BCUT2D eigenvalue weighted by Gasteiger charge is -2.23. The lowest BCUT2D eigenvalue weighted by molar-refractivity contribution is 0.461. The van der Waals surface area contributed by atoms with Crippen molar-refractivity contribution in [1.29, 1.82) is 0 Å². The molecule has 0 aliphatic heterocycles. The maximum absolute atomic E-state index is 6.29. The summed E-state index contributed by atoms with van der Waals surface area (Å²) in [5, 5.41) is 7.13. The first-order chi connectivity index (χ1) is 9.11. The minimum Gasteiger partial charge on any atom is -0.303 e. The van der Waals surface area contributed by atoms with Crippen LogP contribution in [0.15, 0.2) is 35.7 Å². The predicted octanol–water partition coefficient (Wildman–Crippen LogP) is 5.86. The van der Waals surface area contributed by atoms with Gasteiger partial charge in [0.2, 0.25) is 0 Å². The predicted molar refractivity (Wildman–Crippen MR) is 85.4 cm³/mol. The largest absolute Gasteiger partial charge is 0.303 e. The first-order valence-electron chi connectivity index (χ1n) is 6.36. The van der Waals surface area contributed by atoms with Crippen molar-refractivity contribution >= 4 is 34.5 Å². The summed E-state index contributed by atoms with van der Waals surface area (Å²) in [5.74, 6) is 0. The Balaban J connectivity index is 2.16. The zero-order valence-corrected chi connectivity index (χ0v) is 13.3. The second-order valence-electron chi connectivity index (χ2n) is 4.53. The summed E-state index contributed by atoms with van der Waals surface area (Å²) < 4.78 is 0. The van der Waals surface area contributed by atoms with Crippen LogP contribution in [-0.2, 0) is 0 Å². The fourth-order valence-electron chi connectivity index (χ4n) is 2.13. The highest BCUT2D eigenvalue weighted by Crippen LogP contribution is 2.30. The molecule has 0 aliphatic rings. The molecule has 2 unspecified atom stereocenters. The summed E-state index contributed by atoms with van der Waals surface area (Å²) in [6.07, 6.45) is 0.983. The van der Waals surface area contributed by atoms with Crippen molar-refractivity contribution in [1.82, 2.24) is 5.32 Å². The molecule has 0 bridgehead atoms. The second kappa shape index (κ2) is 6.76. The van der Waals surface area contributed by atoms with Crippen molar-refractivity contribution in [3.63, 3.8) is 0 Å². The van der Waals surface area contributed by atoms with Gasteiger partial charge in [-0.2, -0.15) is 0 Å². The lowest BCUT2D eigenvalue weighted by Crippen LogP contribution is -2.23. The van der Waals surface area contributed by atoms with Gasteiger partial charge in [0.1, 0.15) is 0 Å². The van der Waals surface area contributed by atoms with Crippen molar-refractivity contribution in [2.45, 2.75) is 32.4 Å². The van der Waals surface area contributed by atoms with Gasteiger partial charge in [-0.1, -0.05) is 42.3 Å². The van der Waals surface area contributed by atoms with Gasteiger partial charge in [-0.25, -0.2) is 0 Å². The molecule has 19 heavy (non-hydrogen) atoms.